The number of urea groups is 1. The third-order valence-electron chi connectivity index (χ3n) is 3.23. The largest absolute Gasteiger partial charge is 0.396 e. The van der Waals surface area contributed by atoms with E-state index in [1.165, 1.54) is 0 Å². The minimum Gasteiger partial charge on any atom is -0.396 e. The van der Waals surface area contributed by atoms with Gasteiger partial charge in [0.2, 0.25) is 0 Å². The highest BCUT2D eigenvalue weighted by atomic mass is 16.3. The molecule has 0 aromatic carbocycles. The number of carbonyl (C=O) groups is 2. The normalized spacial score (nSPS) is 37.1. The first-order valence-corrected chi connectivity index (χ1v) is 4.91. The highest BCUT2D eigenvalue weighted by Gasteiger charge is 2.47. The molecule has 0 bridgehead atoms. The quantitative estimate of drug-likeness (QED) is 0.508. The second-order valence-electron chi connectivity index (χ2n) is 4.12. The second kappa shape index (κ2) is 3.24. The lowest BCUT2D eigenvalue weighted by molar-refractivity contribution is -0.125. The van der Waals surface area contributed by atoms with E-state index < -0.39 is 11.6 Å². The molecule has 0 atom stereocenters. The maximum absolute atomic E-state index is 11.5. The maximum Gasteiger partial charge on any atom is 0.322 e. The van der Waals surface area contributed by atoms with Gasteiger partial charge in [0.15, 0.2) is 0 Å². The van der Waals surface area contributed by atoms with E-state index in [1.807, 2.05) is 0 Å². The maximum atomic E-state index is 11.5. The zero-order chi connectivity index (χ0) is 10.2. The Morgan fingerprint density at radius 1 is 1.36 bits per heavy atom. The van der Waals surface area contributed by atoms with Gasteiger partial charge in [0.25, 0.3) is 5.91 Å². The van der Waals surface area contributed by atoms with Crippen molar-refractivity contribution in [3.63, 3.8) is 0 Å². The van der Waals surface area contributed by atoms with E-state index in [0.29, 0.717) is 12.8 Å². The molecule has 1 heterocycles. The molecule has 0 unspecified atom stereocenters. The van der Waals surface area contributed by atoms with Gasteiger partial charge in [-0.15, -0.1) is 0 Å². The lowest BCUT2D eigenvalue weighted by Crippen LogP contribution is -2.49. The van der Waals surface area contributed by atoms with Gasteiger partial charge >= 0.3 is 6.03 Å². The summed E-state index contributed by atoms with van der Waals surface area (Å²) in [5, 5.41) is 13.9. The van der Waals surface area contributed by atoms with Gasteiger partial charge in [0, 0.05) is 6.61 Å². The molecule has 1 saturated carbocycles. The van der Waals surface area contributed by atoms with Crippen molar-refractivity contribution in [3.8, 4) is 0 Å². The molecule has 0 radical (unpaired) electrons. The highest BCUT2D eigenvalue weighted by Crippen LogP contribution is 2.33. The van der Waals surface area contributed by atoms with Crippen molar-refractivity contribution in [1.82, 2.24) is 10.6 Å². The van der Waals surface area contributed by atoms with Gasteiger partial charge in [-0.25, -0.2) is 4.79 Å². The number of hydrogen-bond acceptors (Lipinski definition) is 3. The molecule has 2 aliphatic rings. The molecule has 1 spiro atoms. The average molecular weight is 198 g/mol. The monoisotopic (exact) mass is 198 g/mol. The molecule has 3 amide bonds. The van der Waals surface area contributed by atoms with Crippen molar-refractivity contribution >= 4 is 11.9 Å². The number of imide groups is 1. The van der Waals surface area contributed by atoms with Crippen LogP contribution in [0, 0.1) is 5.92 Å². The third-order valence-corrected chi connectivity index (χ3v) is 3.23. The van der Waals surface area contributed by atoms with Crippen LogP contribution in [0.15, 0.2) is 0 Å². The Bertz CT molecular complexity index is 269. The molecule has 5 nitrogen and oxygen atoms in total. The minimum absolute atomic E-state index is 0.172. The van der Waals surface area contributed by atoms with Crippen molar-refractivity contribution in [1.29, 1.82) is 0 Å². The van der Waals surface area contributed by atoms with Gasteiger partial charge in [-0.3, -0.25) is 10.1 Å². The van der Waals surface area contributed by atoms with E-state index in [4.69, 9.17) is 5.11 Å². The Morgan fingerprint density at radius 3 is 2.43 bits per heavy atom. The summed E-state index contributed by atoms with van der Waals surface area (Å²) in [6.45, 7) is 0.172. The smallest absolute Gasteiger partial charge is 0.322 e. The van der Waals surface area contributed by atoms with Crippen molar-refractivity contribution in [3.05, 3.63) is 0 Å². The molecule has 3 N–H and O–H groups in total. The molecule has 1 saturated heterocycles. The predicted octanol–water partition coefficient (Wildman–Crippen LogP) is -0.253. The number of aliphatic hydroxyl groups excluding tert-OH is 1. The van der Waals surface area contributed by atoms with Crippen LogP contribution in [0.3, 0.4) is 0 Å². The first kappa shape index (κ1) is 9.45. The van der Waals surface area contributed by atoms with Crippen molar-refractivity contribution < 1.29 is 14.7 Å². The molecule has 0 aromatic rings. The molecule has 14 heavy (non-hydrogen) atoms. The summed E-state index contributed by atoms with van der Waals surface area (Å²) >= 11 is 0. The van der Waals surface area contributed by atoms with E-state index in [2.05, 4.69) is 10.6 Å². The first-order valence-electron chi connectivity index (χ1n) is 4.91. The average Bonchev–Trinajstić information content (AvgIpc) is 2.43. The van der Waals surface area contributed by atoms with Crippen LogP contribution in [0.25, 0.3) is 0 Å². The van der Waals surface area contributed by atoms with E-state index in [0.717, 1.165) is 12.8 Å². The number of aliphatic hydroxyl groups is 1. The number of hydrogen-bond donors (Lipinski definition) is 3. The molecule has 1 aliphatic carbocycles. The van der Waals surface area contributed by atoms with Crippen LogP contribution >= 0.6 is 0 Å². The molecular formula is C9H14N2O3. The van der Waals surface area contributed by atoms with Crippen LogP contribution < -0.4 is 10.6 Å². The van der Waals surface area contributed by atoms with Gasteiger partial charge in [0.05, 0.1) is 0 Å². The van der Waals surface area contributed by atoms with Gasteiger partial charge < -0.3 is 10.4 Å². The van der Waals surface area contributed by atoms with E-state index >= 15 is 0 Å². The number of carbonyl (C=O) groups excluding carboxylic acids is 2. The Hall–Kier alpha value is -1.10. The second-order valence-corrected chi connectivity index (χ2v) is 4.12. The van der Waals surface area contributed by atoms with Crippen LogP contribution in [-0.2, 0) is 4.79 Å². The van der Waals surface area contributed by atoms with Gasteiger partial charge in [0.1, 0.15) is 5.54 Å². The van der Waals surface area contributed by atoms with E-state index in [9.17, 15) is 9.59 Å². The third kappa shape index (κ3) is 1.37. The first-order chi connectivity index (χ1) is 6.66. The fourth-order valence-electron chi connectivity index (χ4n) is 2.23. The van der Waals surface area contributed by atoms with E-state index in [1.54, 1.807) is 0 Å². The summed E-state index contributed by atoms with van der Waals surface area (Å²) in [4.78, 5) is 22.5. The highest BCUT2D eigenvalue weighted by molar-refractivity contribution is 6.07. The molecule has 5 heteroatoms. The summed E-state index contributed by atoms with van der Waals surface area (Å²) < 4.78 is 0. The van der Waals surface area contributed by atoms with Gasteiger partial charge in [-0.1, -0.05) is 0 Å². The number of nitrogens with one attached hydrogen (secondary N) is 2. The molecule has 0 aromatic heterocycles. The summed E-state index contributed by atoms with van der Waals surface area (Å²) in [7, 11) is 0. The predicted molar refractivity (Wildman–Crippen MR) is 48.4 cm³/mol. The van der Waals surface area contributed by atoms with Crippen LogP contribution in [0.2, 0.25) is 0 Å². The van der Waals surface area contributed by atoms with Crippen LogP contribution in [-0.4, -0.2) is 29.2 Å². The molecule has 2 rings (SSSR count). The Kier molecular flexibility index (Phi) is 2.19. The number of amides is 3. The fourth-order valence-corrected chi connectivity index (χ4v) is 2.23. The summed E-state index contributed by atoms with van der Waals surface area (Å²) in [6.07, 6.45) is 2.86. The summed E-state index contributed by atoms with van der Waals surface area (Å²) in [5.41, 5.74) is -0.678. The summed E-state index contributed by atoms with van der Waals surface area (Å²) in [5.74, 6) is 0.0739. The van der Waals surface area contributed by atoms with Crippen molar-refractivity contribution in [2.45, 2.75) is 31.2 Å². The number of rotatable bonds is 1. The molecule has 78 valence electrons. The van der Waals surface area contributed by atoms with Crippen LogP contribution in [0.5, 0.6) is 0 Å². The zero-order valence-electron chi connectivity index (χ0n) is 7.88. The topological polar surface area (TPSA) is 78.4 Å². The van der Waals surface area contributed by atoms with Crippen LogP contribution in [0.1, 0.15) is 25.7 Å². The van der Waals surface area contributed by atoms with Gasteiger partial charge in [-0.05, 0) is 31.6 Å². The molecular weight excluding hydrogens is 184 g/mol. The molecule has 1 aliphatic heterocycles. The van der Waals surface area contributed by atoms with E-state index in [-0.39, 0.29) is 18.4 Å². The molecule has 2 fully saturated rings. The van der Waals surface area contributed by atoms with Crippen molar-refractivity contribution in [2.24, 2.45) is 5.92 Å². The fraction of sp³-hybridized carbons (Fsp3) is 0.778. The lowest BCUT2D eigenvalue weighted by atomic mass is 9.77. The standard InChI is InChI=1S/C9H14N2O3/c12-5-6-1-3-9(4-2-6)7(13)10-8(14)11-9/h6,12H,1-5H2,(H2,10,11,13,14)/t6-,9+. The van der Waals surface area contributed by atoms with Gasteiger partial charge in [-0.2, -0.15) is 0 Å². The zero-order valence-corrected chi connectivity index (χ0v) is 7.88. The Labute approximate surface area is 81.9 Å². The summed E-state index contributed by atoms with van der Waals surface area (Å²) in [6, 6.07) is -0.391. The Morgan fingerprint density at radius 2 is 2.00 bits per heavy atom. The Balaban J connectivity index is 2.05. The SMILES string of the molecule is O=C1NC(=O)[C@]2(CC[C@H](CO)CC2)N1. The van der Waals surface area contributed by atoms with Crippen LogP contribution in [0.4, 0.5) is 4.79 Å². The lowest BCUT2D eigenvalue weighted by Gasteiger charge is -2.33. The van der Waals surface area contributed by atoms with Crippen molar-refractivity contribution in [2.75, 3.05) is 6.61 Å². The minimum atomic E-state index is -0.678.